The second-order valence-corrected chi connectivity index (χ2v) is 18.9. The fraction of sp³-hybridized carbons (Fsp3) is 0.646. The van der Waals surface area contributed by atoms with Gasteiger partial charge >= 0.3 is 5.97 Å². The molecule has 0 radical (unpaired) electrons. The van der Waals surface area contributed by atoms with Gasteiger partial charge in [-0.25, -0.2) is 0 Å². The number of carbonyl (C=O) groups excluding carboxylic acids is 10. The zero-order chi connectivity index (χ0) is 55.5. The molecule has 0 bridgehead atoms. The second-order valence-electron chi connectivity index (χ2n) is 18.9. The SMILES string of the molecule is CC(C)CCCCCCCCCC[C@@H]1CC(=O)N[C@@H](CC(N)=O)C(=O)N[C@H](Cc2ccc(O)cc2)C(=O)N[C@@H](CC(N)=O)C(=O)N[C@@H](CO)C(=O)N[C@H](CCC(=O)O)C(=O)N[C@H](CO)C(=O)N[C@@H]([C@@H](C)O)C(=O)N1. The van der Waals surface area contributed by atoms with Crippen molar-refractivity contribution in [2.24, 2.45) is 17.4 Å². The highest BCUT2D eigenvalue weighted by Gasteiger charge is 2.36. The fourth-order valence-electron chi connectivity index (χ4n) is 7.84. The number of phenolic OH excluding ortho intramolecular Hbond substituents is 1. The molecule has 1 heterocycles. The van der Waals surface area contributed by atoms with E-state index >= 15 is 0 Å². The van der Waals surface area contributed by atoms with Crippen molar-refractivity contribution in [2.75, 3.05) is 13.2 Å². The van der Waals surface area contributed by atoms with Crippen LogP contribution in [0.4, 0.5) is 0 Å². The molecule has 10 amide bonds. The molecule has 414 valence electrons. The van der Waals surface area contributed by atoms with Crippen LogP contribution in [0.3, 0.4) is 0 Å². The van der Waals surface area contributed by atoms with Crippen LogP contribution in [0.1, 0.15) is 123 Å². The van der Waals surface area contributed by atoms with Crippen LogP contribution in [-0.2, 0) is 59.2 Å². The maximum atomic E-state index is 14.1. The molecule has 1 saturated heterocycles. The maximum Gasteiger partial charge on any atom is 0.303 e. The number of carboxylic acids is 1. The van der Waals surface area contributed by atoms with E-state index in [0.717, 1.165) is 51.9 Å². The lowest BCUT2D eigenvalue weighted by Gasteiger charge is -2.28. The van der Waals surface area contributed by atoms with Crippen molar-refractivity contribution >= 4 is 65.0 Å². The first kappa shape index (κ1) is 63.2. The van der Waals surface area contributed by atoms with Gasteiger partial charge in [-0.1, -0.05) is 83.8 Å². The normalized spacial score (nSPS) is 23.8. The highest BCUT2D eigenvalue weighted by molar-refractivity contribution is 5.99. The number of aromatic hydroxyl groups is 1. The molecule has 0 spiro atoms. The van der Waals surface area contributed by atoms with Crippen LogP contribution in [0, 0.1) is 5.92 Å². The smallest absolute Gasteiger partial charge is 0.303 e. The van der Waals surface area contributed by atoms with E-state index in [2.05, 4.69) is 56.4 Å². The first-order valence-electron chi connectivity index (χ1n) is 24.8. The van der Waals surface area contributed by atoms with E-state index in [-0.39, 0.29) is 18.6 Å². The lowest BCUT2D eigenvalue weighted by molar-refractivity contribution is -0.139. The molecule has 26 nitrogen and oxygen atoms in total. The Hall–Kier alpha value is -6.93. The molecular weight excluding hydrogens is 973 g/mol. The third kappa shape index (κ3) is 24.2. The number of aliphatic carboxylic acids is 1. The van der Waals surface area contributed by atoms with Gasteiger partial charge in [0.25, 0.3) is 0 Å². The number of nitrogens with one attached hydrogen (secondary N) is 8. The zero-order valence-electron chi connectivity index (χ0n) is 42.2. The van der Waals surface area contributed by atoms with E-state index in [1.165, 1.54) is 24.3 Å². The lowest BCUT2D eigenvalue weighted by Crippen LogP contribution is -2.62. The number of carboxylic acid groups (broad SMARTS) is 1. The number of aliphatic hydroxyl groups is 3. The number of amides is 10. The number of phenols is 1. The second kappa shape index (κ2) is 33.0. The molecule has 1 aromatic carbocycles. The van der Waals surface area contributed by atoms with Crippen molar-refractivity contribution in [3.8, 4) is 5.75 Å². The van der Waals surface area contributed by atoms with E-state index in [4.69, 9.17) is 11.5 Å². The van der Waals surface area contributed by atoms with Crippen LogP contribution in [-0.4, -0.2) is 158 Å². The first-order chi connectivity index (χ1) is 34.9. The minimum Gasteiger partial charge on any atom is -0.508 e. The number of aliphatic hydroxyl groups excluding tert-OH is 3. The summed E-state index contributed by atoms with van der Waals surface area (Å²) in [6.45, 7) is 3.16. The largest absolute Gasteiger partial charge is 0.508 e. The van der Waals surface area contributed by atoms with Gasteiger partial charge in [0.15, 0.2) is 0 Å². The van der Waals surface area contributed by atoms with Crippen LogP contribution >= 0.6 is 0 Å². The number of rotatable bonds is 23. The van der Waals surface area contributed by atoms with E-state index < -0.39 is 165 Å². The Bertz CT molecular complexity index is 2070. The molecule has 26 heteroatoms. The monoisotopic (exact) mass is 1050 g/mol. The Labute approximate surface area is 429 Å². The summed E-state index contributed by atoms with van der Waals surface area (Å²) in [4.78, 5) is 146. The highest BCUT2D eigenvalue weighted by atomic mass is 16.4. The quantitative estimate of drug-likeness (QED) is 0.0479. The summed E-state index contributed by atoms with van der Waals surface area (Å²) in [5, 5.41) is 68.7. The standard InChI is InChI=1S/C48H76N10O16/c1-26(2)12-10-8-6-4-5-7-9-11-13-29-21-39(65)52-33(22-37(49)63)44(70)54-32(20-28-14-16-30(62)17-15-28)43(69)55-34(23-38(50)64)45(71)57-35(24-59)46(72)53-31(18-19-40(66)67)42(68)56-36(25-60)47(73)58-41(27(3)61)48(74)51-29/h14-17,26-27,29,31-36,41,59-62H,4-13,18-25H2,1-3H3,(H2,49,63)(H2,50,64)(H,51,74)(H,52,65)(H,53,72)(H,54,70)(H,55,69)(H,56,68)(H,57,71)(H,58,73)(H,66,67)/t27-,29-,31-,32-,33+,34+,35+,36-,41+/m1/s1. The molecule has 1 aliphatic rings. The lowest BCUT2D eigenvalue weighted by atomic mass is 10.0. The van der Waals surface area contributed by atoms with Crippen LogP contribution in [0.5, 0.6) is 5.75 Å². The van der Waals surface area contributed by atoms with Gasteiger partial charge in [-0.2, -0.15) is 0 Å². The fourth-order valence-corrected chi connectivity index (χ4v) is 7.84. The topological polar surface area (TPSA) is 437 Å². The van der Waals surface area contributed by atoms with Crippen molar-refractivity contribution in [3.05, 3.63) is 29.8 Å². The van der Waals surface area contributed by atoms with Crippen LogP contribution in [0.25, 0.3) is 0 Å². The zero-order valence-corrected chi connectivity index (χ0v) is 42.2. The molecule has 0 aliphatic carbocycles. The predicted molar refractivity (Wildman–Crippen MR) is 263 cm³/mol. The van der Waals surface area contributed by atoms with Gasteiger partial charge in [-0.15, -0.1) is 0 Å². The summed E-state index contributed by atoms with van der Waals surface area (Å²) < 4.78 is 0. The summed E-state index contributed by atoms with van der Waals surface area (Å²) >= 11 is 0. The number of hydrogen-bond donors (Lipinski definition) is 15. The third-order valence-corrected chi connectivity index (χ3v) is 11.9. The average Bonchev–Trinajstić information content (AvgIpc) is 3.32. The van der Waals surface area contributed by atoms with Gasteiger partial charge < -0.3 is 79.5 Å². The molecule has 0 saturated carbocycles. The highest BCUT2D eigenvalue weighted by Crippen LogP contribution is 2.16. The molecule has 1 aliphatic heterocycles. The predicted octanol–water partition coefficient (Wildman–Crippen LogP) is -3.25. The van der Waals surface area contributed by atoms with Crippen LogP contribution in [0.15, 0.2) is 24.3 Å². The molecular formula is C48H76N10O16. The van der Waals surface area contributed by atoms with Crippen molar-refractivity contribution in [3.63, 3.8) is 0 Å². The molecule has 74 heavy (non-hydrogen) atoms. The number of unbranched alkanes of at least 4 members (excludes halogenated alkanes) is 7. The molecule has 1 aromatic rings. The minimum absolute atomic E-state index is 0.158. The Morgan fingerprint density at radius 2 is 0.986 bits per heavy atom. The van der Waals surface area contributed by atoms with Crippen molar-refractivity contribution in [1.82, 2.24) is 42.5 Å². The number of primary amides is 2. The van der Waals surface area contributed by atoms with Gasteiger partial charge in [0, 0.05) is 25.3 Å². The summed E-state index contributed by atoms with van der Waals surface area (Å²) in [7, 11) is 0. The van der Waals surface area contributed by atoms with Gasteiger partial charge in [-0.3, -0.25) is 52.7 Å². The minimum atomic E-state index is -1.98. The number of nitrogens with two attached hydrogens (primary N) is 2. The van der Waals surface area contributed by atoms with E-state index in [1.54, 1.807) is 0 Å². The van der Waals surface area contributed by atoms with Gasteiger partial charge in [-0.05, 0) is 43.4 Å². The van der Waals surface area contributed by atoms with Crippen LogP contribution in [0.2, 0.25) is 0 Å². The summed E-state index contributed by atoms with van der Waals surface area (Å²) in [5.74, 6) is -12.6. The van der Waals surface area contributed by atoms with E-state index in [0.29, 0.717) is 24.3 Å². The Morgan fingerprint density at radius 3 is 1.49 bits per heavy atom. The average molecular weight is 1050 g/mol. The summed E-state index contributed by atoms with van der Waals surface area (Å²) in [6.07, 6.45) is 2.84. The summed E-state index contributed by atoms with van der Waals surface area (Å²) in [6, 6.07) is -8.62. The van der Waals surface area contributed by atoms with Crippen molar-refractivity contribution in [1.29, 1.82) is 0 Å². The third-order valence-electron chi connectivity index (χ3n) is 11.9. The molecule has 17 N–H and O–H groups in total. The summed E-state index contributed by atoms with van der Waals surface area (Å²) in [5.41, 5.74) is 11.2. The number of benzene rings is 1. The van der Waals surface area contributed by atoms with Gasteiger partial charge in [0.05, 0.1) is 32.2 Å². The molecule has 0 aromatic heterocycles. The Balaban J connectivity index is 2.67. The number of carbonyl (C=O) groups is 11. The maximum absolute atomic E-state index is 14.1. The Kier molecular flexibility index (Phi) is 28.2. The molecule has 1 fully saturated rings. The van der Waals surface area contributed by atoms with E-state index in [9.17, 15) is 78.3 Å². The van der Waals surface area contributed by atoms with E-state index in [1.807, 2.05) is 0 Å². The molecule has 9 atom stereocenters. The Morgan fingerprint density at radius 1 is 0.554 bits per heavy atom. The van der Waals surface area contributed by atoms with Crippen molar-refractivity contribution < 1.29 is 78.3 Å². The van der Waals surface area contributed by atoms with Crippen molar-refractivity contribution in [2.45, 2.75) is 178 Å². The first-order valence-corrected chi connectivity index (χ1v) is 24.8. The number of hydrogen-bond acceptors (Lipinski definition) is 15. The van der Waals surface area contributed by atoms with Crippen LogP contribution < -0.4 is 54.0 Å². The molecule has 0 unspecified atom stereocenters. The van der Waals surface area contributed by atoms with Gasteiger partial charge in [0.1, 0.15) is 48.0 Å². The van der Waals surface area contributed by atoms with Gasteiger partial charge in [0.2, 0.25) is 59.1 Å². The molecule has 2 rings (SSSR count).